The standard InChI is InChI=1S/C23H22N6O5/c30-21(24-10-11-28-22(31)18-6-2-1-5-16(18)13-25-28)15-34-12-9-17-14-29(27-26-17)20-8-4-3-7-19(20)23(32)33/h1-8,13-14H,9-12,15H2,(H,24,30)(H,32,33). The summed E-state index contributed by atoms with van der Waals surface area (Å²) in [7, 11) is 0. The van der Waals surface area contributed by atoms with Gasteiger partial charge in [0.2, 0.25) is 5.91 Å². The van der Waals surface area contributed by atoms with Crippen LogP contribution in [-0.4, -0.2) is 61.5 Å². The van der Waals surface area contributed by atoms with Gasteiger partial charge in [-0.3, -0.25) is 9.59 Å². The average molecular weight is 462 g/mol. The molecule has 1 amide bonds. The second kappa shape index (κ2) is 10.5. The number of carboxylic acids is 1. The normalized spacial score (nSPS) is 10.9. The number of ether oxygens (including phenoxy) is 1. The van der Waals surface area contributed by atoms with Gasteiger partial charge in [-0.2, -0.15) is 5.10 Å². The second-order valence-electron chi connectivity index (χ2n) is 7.39. The molecule has 0 radical (unpaired) electrons. The van der Waals surface area contributed by atoms with E-state index >= 15 is 0 Å². The molecule has 0 atom stereocenters. The van der Waals surface area contributed by atoms with Crippen molar-refractivity contribution in [3.63, 3.8) is 0 Å². The Hall–Kier alpha value is -4.38. The first-order valence-electron chi connectivity index (χ1n) is 10.6. The maximum Gasteiger partial charge on any atom is 0.337 e. The van der Waals surface area contributed by atoms with Crippen molar-refractivity contribution in [2.75, 3.05) is 19.8 Å². The molecule has 2 N–H and O–H groups in total. The van der Waals surface area contributed by atoms with Crippen LogP contribution in [0.4, 0.5) is 0 Å². The minimum atomic E-state index is -1.05. The SMILES string of the molecule is O=C(COCCc1cn(-c2ccccc2C(=O)O)nn1)NCCn1ncc2ccccc2c1=O. The van der Waals surface area contributed by atoms with Crippen LogP contribution in [0.25, 0.3) is 16.5 Å². The number of amides is 1. The van der Waals surface area contributed by atoms with Crippen molar-refractivity contribution in [1.29, 1.82) is 0 Å². The summed E-state index contributed by atoms with van der Waals surface area (Å²) >= 11 is 0. The molecule has 34 heavy (non-hydrogen) atoms. The summed E-state index contributed by atoms with van der Waals surface area (Å²) in [5, 5.41) is 25.5. The Kier molecular flexibility index (Phi) is 7.04. The van der Waals surface area contributed by atoms with Gasteiger partial charge in [-0.1, -0.05) is 35.5 Å². The van der Waals surface area contributed by atoms with Gasteiger partial charge >= 0.3 is 5.97 Å². The smallest absolute Gasteiger partial charge is 0.337 e. The molecule has 0 bridgehead atoms. The highest BCUT2D eigenvalue weighted by atomic mass is 16.5. The molecule has 0 saturated heterocycles. The molecule has 11 heteroatoms. The monoisotopic (exact) mass is 462 g/mol. The number of rotatable bonds is 10. The zero-order chi connectivity index (χ0) is 23.9. The van der Waals surface area contributed by atoms with Crippen LogP contribution in [0.3, 0.4) is 0 Å². The van der Waals surface area contributed by atoms with Crippen molar-refractivity contribution >= 4 is 22.6 Å². The number of hydrogen-bond acceptors (Lipinski definition) is 7. The van der Waals surface area contributed by atoms with E-state index in [2.05, 4.69) is 20.7 Å². The fraction of sp³-hybridized carbons (Fsp3) is 0.217. The Morgan fingerprint density at radius 2 is 1.88 bits per heavy atom. The predicted octanol–water partition coefficient (Wildman–Crippen LogP) is 1.05. The summed E-state index contributed by atoms with van der Waals surface area (Å²) < 4.78 is 8.10. The van der Waals surface area contributed by atoms with Crippen molar-refractivity contribution < 1.29 is 19.4 Å². The topological polar surface area (TPSA) is 141 Å². The van der Waals surface area contributed by atoms with Gasteiger partial charge in [0.05, 0.1) is 47.9 Å². The van der Waals surface area contributed by atoms with E-state index in [4.69, 9.17) is 4.74 Å². The van der Waals surface area contributed by atoms with E-state index in [-0.39, 0.29) is 43.3 Å². The van der Waals surface area contributed by atoms with Crippen LogP contribution in [0.5, 0.6) is 0 Å². The third kappa shape index (κ3) is 5.33. The van der Waals surface area contributed by atoms with Gasteiger partial charge in [0, 0.05) is 18.4 Å². The van der Waals surface area contributed by atoms with Crippen molar-refractivity contribution in [2.45, 2.75) is 13.0 Å². The molecule has 2 heterocycles. The first kappa shape index (κ1) is 22.8. The van der Waals surface area contributed by atoms with Gasteiger partial charge < -0.3 is 15.2 Å². The van der Waals surface area contributed by atoms with Crippen LogP contribution >= 0.6 is 0 Å². The summed E-state index contributed by atoms with van der Waals surface area (Å²) in [6.07, 6.45) is 3.65. The highest BCUT2D eigenvalue weighted by Crippen LogP contribution is 2.14. The largest absolute Gasteiger partial charge is 0.478 e. The first-order chi connectivity index (χ1) is 16.5. The van der Waals surface area contributed by atoms with Crippen molar-refractivity contribution in [3.05, 3.63) is 82.5 Å². The number of carbonyl (C=O) groups excluding carboxylic acids is 1. The molecule has 0 aliphatic rings. The number of nitrogens with zero attached hydrogens (tertiary/aromatic N) is 5. The van der Waals surface area contributed by atoms with Crippen LogP contribution < -0.4 is 10.9 Å². The predicted molar refractivity (Wildman–Crippen MR) is 122 cm³/mol. The molecule has 0 aliphatic carbocycles. The molecule has 4 rings (SSSR count). The zero-order valence-corrected chi connectivity index (χ0v) is 18.1. The molecule has 0 aliphatic heterocycles. The van der Waals surface area contributed by atoms with Gasteiger partial charge in [-0.05, 0) is 18.2 Å². The maximum atomic E-state index is 12.4. The molecular formula is C23H22N6O5. The quantitative estimate of drug-likeness (QED) is 0.333. The van der Waals surface area contributed by atoms with E-state index in [1.54, 1.807) is 42.7 Å². The summed E-state index contributed by atoms with van der Waals surface area (Å²) in [6.45, 7) is 0.579. The summed E-state index contributed by atoms with van der Waals surface area (Å²) in [5.74, 6) is -1.36. The molecule has 11 nitrogen and oxygen atoms in total. The first-order valence-corrected chi connectivity index (χ1v) is 10.6. The second-order valence-corrected chi connectivity index (χ2v) is 7.39. The Morgan fingerprint density at radius 1 is 1.09 bits per heavy atom. The highest BCUT2D eigenvalue weighted by Gasteiger charge is 2.12. The van der Waals surface area contributed by atoms with E-state index < -0.39 is 5.97 Å². The lowest BCUT2D eigenvalue weighted by molar-refractivity contribution is -0.125. The van der Waals surface area contributed by atoms with Crippen molar-refractivity contribution in [3.8, 4) is 5.69 Å². The minimum Gasteiger partial charge on any atom is -0.478 e. The molecule has 174 valence electrons. The van der Waals surface area contributed by atoms with Gasteiger partial charge in [0.1, 0.15) is 6.61 Å². The third-order valence-corrected chi connectivity index (χ3v) is 5.07. The molecule has 0 spiro atoms. The number of nitrogens with one attached hydrogen (secondary N) is 1. The van der Waals surface area contributed by atoms with Gasteiger partial charge in [-0.25, -0.2) is 14.2 Å². The van der Waals surface area contributed by atoms with Crippen molar-refractivity contribution in [1.82, 2.24) is 30.1 Å². The fourth-order valence-electron chi connectivity index (χ4n) is 3.37. The van der Waals surface area contributed by atoms with Gasteiger partial charge in [0.15, 0.2) is 0 Å². The third-order valence-electron chi connectivity index (χ3n) is 5.07. The van der Waals surface area contributed by atoms with Crippen LogP contribution in [0, 0.1) is 0 Å². The minimum absolute atomic E-state index is 0.119. The van der Waals surface area contributed by atoms with Gasteiger partial charge in [0.25, 0.3) is 5.56 Å². The number of hydrogen-bond donors (Lipinski definition) is 2. The molecule has 0 unspecified atom stereocenters. The molecule has 0 saturated carbocycles. The Bertz CT molecular complexity index is 1380. The average Bonchev–Trinajstić information content (AvgIpc) is 3.32. The van der Waals surface area contributed by atoms with E-state index in [9.17, 15) is 19.5 Å². The number of para-hydroxylation sites is 1. The molecule has 4 aromatic rings. The number of carbonyl (C=O) groups is 2. The van der Waals surface area contributed by atoms with E-state index in [0.717, 1.165) is 5.39 Å². The lowest BCUT2D eigenvalue weighted by atomic mass is 10.2. The molecule has 2 aromatic carbocycles. The molecule has 2 aromatic heterocycles. The number of fused-ring (bicyclic) bond motifs is 1. The summed E-state index contributed by atoms with van der Waals surface area (Å²) in [5.41, 5.74) is 0.923. The van der Waals surface area contributed by atoms with Crippen molar-refractivity contribution in [2.24, 2.45) is 0 Å². The van der Waals surface area contributed by atoms with E-state index in [1.165, 1.54) is 15.4 Å². The molecule has 0 fully saturated rings. The fourth-order valence-corrected chi connectivity index (χ4v) is 3.37. The van der Waals surface area contributed by atoms with E-state index in [0.29, 0.717) is 23.2 Å². The number of carboxylic acid groups (broad SMARTS) is 1. The van der Waals surface area contributed by atoms with Crippen LogP contribution in [0.2, 0.25) is 0 Å². The number of aromatic nitrogens is 5. The number of benzene rings is 2. The van der Waals surface area contributed by atoms with Crippen LogP contribution in [0.15, 0.2) is 65.7 Å². The molecular weight excluding hydrogens is 440 g/mol. The highest BCUT2D eigenvalue weighted by molar-refractivity contribution is 5.91. The Balaban J connectivity index is 1.20. The lowest BCUT2D eigenvalue weighted by Gasteiger charge is -2.08. The summed E-state index contributed by atoms with van der Waals surface area (Å²) in [6, 6.07) is 13.7. The van der Waals surface area contributed by atoms with Crippen LogP contribution in [-0.2, 0) is 22.5 Å². The maximum absolute atomic E-state index is 12.4. The Morgan fingerprint density at radius 3 is 2.74 bits per heavy atom. The Labute approximate surface area is 193 Å². The number of aromatic carboxylic acids is 1. The lowest BCUT2D eigenvalue weighted by Crippen LogP contribution is -2.34. The van der Waals surface area contributed by atoms with Gasteiger partial charge in [-0.15, -0.1) is 5.10 Å². The van der Waals surface area contributed by atoms with E-state index in [1.807, 2.05) is 12.1 Å². The zero-order valence-electron chi connectivity index (χ0n) is 18.1. The summed E-state index contributed by atoms with van der Waals surface area (Å²) in [4.78, 5) is 35.8. The van der Waals surface area contributed by atoms with Crippen LogP contribution in [0.1, 0.15) is 16.1 Å².